The van der Waals surface area contributed by atoms with Crippen molar-refractivity contribution in [3.63, 3.8) is 0 Å². The minimum absolute atomic E-state index is 0.191. The summed E-state index contributed by atoms with van der Waals surface area (Å²) in [6.45, 7) is 0. The molecule has 0 spiro atoms. The molecule has 1 heterocycles. The quantitative estimate of drug-likeness (QED) is 0.460. The van der Waals surface area contributed by atoms with Crippen LogP contribution in [0.25, 0.3) is 11.0 Å². The van der Waals surface area contributed by atoms with Crippen molar-refractivity contribution in [2.75, 3.05) is 7.11 Å². The zero-order chi connectivity index (χ0) is 13.9. The molecule has 1 aromatic heterocycles. The Morgan fingerprint density at radius 1 is 1.37 bits per heavy atom. The Bertz CT molecular complexity index is 641. The first-order chi connectivity index (χ1) is 9.03. The first kappa shape index (κ1) is 13.0. The molecule has 98 valence electrons. The van der Waals surface area contributed by atoms with Crippen LogP contribution >= 0.6 is 0 Å². The fraction of sp³-hybridized carbons (Fsp3) is 0.0909. The van der Waals surface area contributed by atoms with Crippen LogP contribution in [0.1, 0.15) is 5.69 Å². The topological polar surface area (TPSA) is 111 Å². The minimum atomic E-state index is -2.76. The third-order valence-corrected chi connectivity index (χ3v) is 2.21. The number of ether oxygens (including phenoxy) is 1. The lowest BCUT2D eigenvalue weighted by Gasteiger charge is -2.33. The van der Waals surface area contributed by atoms with Crippen molar-refractivity contribution >= 4 is 23.3 Å². The van der Waals surface area contributed by atoms with Crippen LogP contribution in [-0.2, 0) is 4.74 Å². The number of hydrogen-bond donors (Lipinski definition) is 0. The molecule has 0 saturated carbocycles. The fourth-order valence-corrected chi connectivity index (χ4v) is 1.33. The zero-order valence-corrected chi connectivity index (χ0v) is 9.89. The van der Waals surface area contributed by atoms with E-state index in [-0.39, 0.29) is 5.69 Å². The van der Waals surface area contributed by atoms with Gasteiger partial charge in [0.25, 0.3) is 0 Å². The van der Waals surface area contributed by atoms with E-state index in [0.717, 1.165) is 13.3 Å². The normalized spacial score (nSPS) is 11.9. The van der Waals surface area contributed by atoms with Crippen molar-refractivity contribution in [2.24, 2.45) is 5.10 Å². The van der Waals surface area contributed by atoms with Crippen molar-refractivity contribution in [3.8, 4) is 0 Å². The maximum atomic E-state index is 11.1. The zero-order valence-electron chi connectivity index (χ0n) is 9.89. The summed E-state index contributed by atoms with van der Waals surface area (Å²) >= 11 is 0. The van der Waals surface area contributed by atoms with Crippen molar-refractivity contribution in [1.29, 1.82) is 0 Å². The summed E-state index contributed by atoms with van der Waals surface area (Å²) in [5.74, 6) is 0. The SMILES string of the molecule is COC(=O)[N+]([O-])([O-])/N=C/c1cnc2ccccc2n1. The summed E-state index contributed by atoms with van der Waals surface area (Å²) in [7, 11) is 0.927. The first-order valence-corrected chi connectivity index (χ1v) is 5.20. The number of amides is 1. The van der Waals surface area contributed by atoms with Crippen molar-refractivity contribution in [1.82, 2.24) is 9.97 Å². The third kappa shape index (κ3) is 2.88. The summed E-state index contributed by atoms with van der Waals surface area (Å²) in [5.41, 5.74) is 1.44. The van der Waals surface area contributed by atoms with Gasteiger partial charge in [-0.05, 0) is 12.1 Å². The number of carbonyl (C=O) groups excluding carboxylic acids is 1. The van der Waals surface area contributed by atoms with E-state index in [4.69, 9.17) is 0 Å². The van der Waals surface area contributed by atoms with Gasteiger partial charge < -0.3 is 15.2 Å². The number of benzene rings is 1. The third-order valence-electron chi connectivity index (χ3n) is 2.21. The molecular weight excluding hydrogens is 252 g/mol. The lowest BCUT2D eigenvalue weighted by Crippen LogP contribution is -2.36. The Hall–Kier alpha value is -2.42. The van der Waals surface area contributed by atoms with Gasteiger partial charge in [0.05, 0.1) is 24.3 Å². The van der Waals surface area contributed by atoms with Gasteiger partial charge in [-0.2, -0.15) is 9.71 Å². The molecule has 0 N–H and O–H groups in total. The number of aromatic nitrogens is 2. The van der Waals surface area contributed by atoms with Crippen molar-refractivity contribution in [2.45, 2.75) is 0 Å². The highest BCUT2D eigenvalue weighted by Crippen LogP contribution is 2.09. The molecule has 1 amide bonds. The average Bonchev–Trinajstić information content (AvgIpc) is 2.44. The van der Waals surface area contributed by atoms with Crippen LogP contribution in [0, 0.1) is 10.4 Å². The van der Waals surface area contributed by atoms with E-state index in [0.29, 0.717) is 11.0 Å². The van der Waals surface area contributed by atoms with Crippen LogP contribution in [0.2, 0.25) is 0 Å². The Morgan fingerprint density at radius 2 is 2.05 bits per heavy atom. The van der Waals surface area contributed by atoms with Gasteiger partial charge in [-0.15, -0.1) is 0 Å². The molecule has 0 aliphatic rings. The van der Waals surface area contributed by atoms with Crippen LogP contribution < -0.4 is 0 Å². The predicted octanol–water partition coefficient (Wildman–Crippen LogP) is 1.54. The summed E-state index contributed by atoms with van der Waals surface area (Å²) < 4.78 is 4.03. The number of fused-ring (bicyclic) bond motifs is 1. The molecule has 2 rings (SSSR count). The number of para-hydroxylation sites is 2. The highest BCUT2D eigenvalue weighted by atomic mass is 16.9. The van der Waals surface area contributed by atoms with E-state index < -0.39 is 11.0 Å². The Kier molecular flexibility index (Phi) is 3.47. The second kappa shape index (κ2) is 5.06. The molecular formula is C11H9N4O4-. The Morgan fingerprint density at radius 3 is 2.74 bits per heavy atom. The van der Waals surface area contributed by atoms with Gasteiger partial charge in [0.15, 0.2) is 0 Å². The van der Waals surface area contributed by atoms with Crippen molar-refractivity contribution in [3.05, 3.63) is 46.6 Å². The standard InChI is InChI=1S/C11H9N4O4/c1-19-11(16)15(17,18)13-7-8-6-12-9-4-2-3-5-10(9)14-8/h2-7H,1H3/q-1/b13-7+. The molecule has 8 nitrogen and oxygen atoms in total. The largest absolute Gasteiger partial charge is 0.593 e. The van der Waals surface area contributed by atoms with E-state index in [1.165, 1.54) is 6.20 Å². The van der Waals surface area contributed by atoms with Crippen LogP contribution in [0.15, 0.2) is 35.6 Å². The maximum Gasteiger partial charge on any atom is 0.543 e. The lowest BCUT2D eigenvalue weighted by molar-refractivity contribution is -0.759. The summed E-state index contributed by atoms with van der Waals surface area (Å²) in [4.78, 5) is 16.3. The molecule has 0 radical (unpaired) electrons. The lowest BCUT2D eigenvalue weighted by atomic mass is 10.3. The summed E-state index contributed by atoms with van der Waals surface area (Å²) in [6, 6.07) is 7.06. The Labute approximate surface area is 107 Å². The molecule has 8 heteroatoms. The first-order valence-electron chi connectivity index (χ1n) is 5.20. The maximum absolute atomic E-state index is 11.1. The fourth-order valence-electron chi connectivity index (χ4n) is 1.33. The van der Waals surface area contributed by atoms with E-state index in [1.807, 2.05) is 0 Å². The number of hydroxylamine groups is 2. The molecule has 0 saturated heterocycles. The molecule has 0 atom stereocenters. The number of methoxy groups -OCH3 is 1. The number of nitrogens with zero attached hydrogens (tertiary/aromatic N) is 4. The predicted molar refractivity (Wildman–Crippen MR) is 66.5 cm³/mol. The van der Waals surface area contributed by atoms with Crippen LogP contribution in [-0.4, -0.2) is 34.3 Å². The second-order valence-corrected chi connectivity index (χ2v) is 3.52. The minimum Gasteiger partial charge on any atom is -0.593 e. The van der Waals surface area contributed by atoms with Gasteiger partial charge in [-0.25, -0.2) is 4.98 Å². The molecule has 0 unspecified atom stereocenters. The molecule has 0 aliphatic carbocycles. The highest BCUT2D eigenvalue weighted by Gasteiger charge is 2.17. The monoisotopic (exact) mass is 261 g/mol. The summed E-state index contributed by atoms with van der Waals surface area (Å²) in [6.07, 6.45) is 0.657. The van der Waals surface area contributed by atoms with Gasteiger partial charge in [-0.1, -0.05) is 17.2 Å². The highest BCUT2D eigenvalue weighted by molar-refractivity contribution is 5.82. The second-order valence-electron chi connectivity index (χ2n) is 3.52. The van der Waals surface area contributed by atoms with Crippen LogP contribution in [0.3, 0.4) is 0 Å². The van der Waals surface area contributed by atoms with E-state index in [1.54, 1.807) is 24.3 Å². The number of rotatable bonds is 2. The van der Waals surface area contributed by atoms with Crippen molar-refractivity contribution < 1.29 is 14.5 Å². The van der Waals surface area contributed by atoms with Gasteiger partial charge >= 0.3 is 6.09 Å². The van der Waals surface area contributed by atoms with E-state index >= 15 is 0 Å². The molecule has 1 aromatic carbocycles. The number of hydrogen-bond acceptors (Lipinski definition) is 7. The van der Waals surface area contributed by atoms with E-state index in [2.05, 4.69) is 19.8 Å². The molecule has 2 aromatic rings. The van der Waals surface area contributed by atoms with E-state index in [9.17, 15) is 15.2 Å². The van der Waals surface area contributed by atoms with Gasteiger partial charge in [0.1, 0.15) is 11.9 Å². The molecule has 0 aliphatic heterocycles. The Balaban J connectivity index is 2.28. The molecule has 0 fully saturated rings. The number of carbonyl (C=O) groups is 1. The molecule has 19 heavy (non-hydrogen) atoms. The van der Waals surface area contributed by atoms with Gasteiger partial charge in [0.2, 0.25) is 0 Å². The number of quaternary nitrogens is 1. The average molecular weight is 261 g/mol. The molecule has 0 bridgehead atoms. The smallest absolute Gasteiger partial charge is 0.543 e. The van der Waals surface area contributed by atoms with Gasteiger partial charge in [0, 0.05) is 0 Å². The van der Waals surface area contributed by atoms with Crippen LogP contribution in [0.5, 0.6) is 0 Å². The van der Waals surface area contributed by atoms with Crippen LogP contribution in [0.4, 0.5) is 4.79 Å². The summed E-state index contributed by atoms with van der Waals surface area (Å²) in [5, 5.41) is 25.3. The van der Waals surface area contributed by atoms with Gasteiger partial charge in [-0.3, -0.25) is 4.98 Å².